The van der Waals surface area contributed by atoms with Crippen molar-refractivity contribution in [3.63, 3.8) is 0 Å². The molecule has 3 rings (SSSR count). The average molecular weight is 308 g/mol. The number of fused-ring (bicyclic) bond motifs is 1. The predicted molar refractivity (Wildman–Crippen MR) is 86.4 cm³/mol. The summed E-state index contributed by atoms with van der Waals surface area (Å²) in [7, 11) is 0. The van der Waals surface area contributed by atoms with Crippen LogP contribution in [0, 0.1) is 5.92 Å². The van der Waals surface area contributed by atoms with Crippen LogP contribution >= 0.6 is 11.6 Å². The molecule has 2 aliphatic rings. The summed E-state index contributed by atoms with van der Waals surface area (Å²) in [6.45, 7) is 1.48. The number of nitrogens with one attached hydrogen (secondary N) is 1. The molecule has 2 atom stereocenters. The first kappa shape index (κ1) is 14.7. The summed E-state index contributed by atoms with van der Waals surface area (Å²) in [6, 6.07) is 5.74. The summed E-state index contributed by atoms with van der Waals surface area (Å²) in [5.74, 6) is 0.789. The minimum atomic E-state index is -0.00458. The van der Waals surface area contributed by atoms with E-state index in [0.29, 0.717) is 29.0 Å². The quantitative estimate of drug-likeness (QED) is 0.844. The number of hydrogen-bond acceptors (Lipinski definition) is 3. The van der Waals surface area contributed by atoms with E-state index in [1.807, 2.05) is 0 Å². The van der Waals surface area contributed by atoms with Gasteiger partial charge in [0, 0.05) is 11.7 Å². The summed E-state index contributed by atoms with van der Waals surface area (Å²) < 4.78 is 0. The number of halogens is 1. The van der Waals surface area contributed by atoms with Crippen molar-refractivity contribution in [2.24, 2.45) is 5.92 Å². The summed E-state index contributed by atoms with van der Waals surface area (Å²) in [5.41, 5.74) is 6.94. The number of amides is 1. The lowest BCUT2D eigenvalue weighted by Crippen LogP contribution is -2.46. The second kappa shape index (κ2) is 6.24. The largest absolute Gasteiger partial charge is 0.399 e. The maximum atomic E-state index is 12.3. The van der Waals surface area contributed by atoms with Crippen molar-refractivity contribution < 1.29 is 4.79 Å². The molecule has 2 unspecified atom stereocenters. The van der Waals surface area contributed by atoms with Gasteiger partial charge in [-0.15, -0.1) is 0 Å². The van der Waals surface area contributed by atoms with Crippen LogP contribution in [0.4, 0.5) is 11.4 Å². The third-order valence-corrected chi connectivity index (χ3v) is 5.05. The lowest BCUT2D eigenvalue weighted by Gasteiger charge is -2.37. The first-order valence-electron chi connectivity index (χ1n) is 7.72. The fourth-order valence-corrected chi connectivity index (χ4v) is 3.93. The molecule has 0 aromatic heterocycles. The van der Waals surface area contributed by atoms with E-state index >= 15 is 0 Å². The smallest absolute Gasteiger partial charge is 0.238 e. The molecule has 4 nitrogen and oxygen atoms in total. The monoisotopic (exact) mass is 307 g/mol. The van der Waals surface area contributed by atoms with Crippen molar-refractivity contribution in [3.8, 4) is 0 Å². The van der Waals surface area contributed by atoms with Crippen LogP contribution in [0.3, 0.4) is 0 Å². The first-order valence-corrected chi connectivity index (χ1v) is 8.10. The molecule has 0 radical (unpaired) electrons. The van der Waals surface area contributed by atoms with Gasteiger partial charge >= 0.3 is 0 Å². The third kappa shape index (κ3) is 3.33. The highest BCUT2D eigenvalue weighted by Crippen LogP contribution is 2.36. The van der Waals surface area contributed by atoms with Crippen LogP contribution in [0.15, 0.2) is 18.2 Å². The number of piperidine rings is 1. The molecule has 1 aromatic rings. The number of carbonyl (C=O) groups excluding carboxylic acids is 1. The molecule has 21 heavy (non-hydrogen) atoms. The van der Waals surface area contributed by atoms with Gasteiger partial charge in [0.05, 0.1) is 17.3 Å². The number of rotatable bonds is 3. The van der Waals surface area contributed by atoms with Gasteiger partial charge in [0.1, 0.15) is 0 Å². The highest BCUT2D eigenvalue weighted by atomic mass is 35.5. The van der Waals surface area contributed by atoms with Crippen LogP contribution in [0.2, 0.25) is 5.02 Å². The molecule has 1 aliphatic carbocycles. The van der Waals surface area contributed by atoms with Crippen LogP contribution in [0.1, 0.15) is 32.1 Å². The molecule has 1 saturated carbocycles. The number of anilines is 2. The van der Waals surface area contributed by atoms with E-state index in [1.54, 1.807) is 18.2 Å². The molecule has 1 amide bonds. The van der Waals surface area contributed by atoms with E-state index < -0.39 is 0 Å². The van der Waals surface area contributed by atoms with Crippen LogP contribution in [-0.2, 0) is 4.79 Å². The molecule has 5 heteroatoms. The van der Waals surface area contributed by atoms with E-state index in [2.05, 4.69) is 10.2 Å². The maximum Gasteiger partial charge on any atom is 0.238 e. The number of nitrogens with two attached hydrogens (primary N) is 1. The normalized spacial score (nSPS) is 25.6. The van der Waals surface area contributed by atoms with Gasteiger partial charge in [0.2, 0.25) is 5.91 Å². The SMILES string of the molecule is Nc1ccc(Cl)c(NC(=O)CN2CCCC3CCCC32)c1. The van der Waals surface area contributed by atoms with Gasteiger partial charge in [-0.2, -0.15) is 0 Å². The van der Waals surface area contributed by atoms with Gasteiger partial charge in [-0.05, 0) is 56.3 Å². The van der Waals surface area contributed by atoms with Crippen molar-refractivity contribution in [3.05, 3.63) is 23.2 Å². The Morgan fingerprint density at radius 2 is 2.14 bits per heavy atom. The van der Waals surface area contributed by atoms with Crippen LogP contribution in [-0.4, -0.2) is 29.9 Å². The van der Waals surface area contributed by atoms with Gasteiger partial charge in [-0.1, -0.05) is 18.0 Å². The number of carbonyl (C=O) groups is 1. The summed E-state index contributed by atoms with van der Waals surface area (Å²) in [6.07, 6.45) is 6.38. The van der Waals surface area contributed by atoms with E-state index in [1.165, 1.54) is 32.1 Å². The summed E-state index contributed by atoms with van der Waals surface area (Å²) in [5, 5.41) is 3.41. The van der Waals surface area contributed by atoms with Crippen LogP contribution < -0.4 is 11.1 Å². The number of likely N-dealkylation sites (tertiary alicyclic amines) is 1. The number of nitrogens with zero attached hydrogens (tertiary/aromatic N) is 1. The zero-order valence-electron chi connectivity index (χ0n) is 12.1. The molecule has 114 valence electrons. The minimum absolute atomic E-state index is 0.00458. The molecule has 0 spiro atoms. The van der Waals surface area contributed by atoms with Gasteiger partial charge < -0.3 is 11.1 Å². The zero-order chi connectivity index (χ0) is 14.8. The Balaban J connectivity index is 1.62. The fraction of sp³-hybridized carbons (Fsp3) is 0.562. The second-order valence-corrected chi connectivity index (χ2v) is 6.57. The molecule has 2 fully saturated rings. The zero-order valence-corrected chi connectivity index (χ0v) is 12.9. The second-order valence-electron chi connectivity index (χ2n) is 6.16. The first-order chi connectivity index (χ1) is 10.1. The molecule has 1 aliphatic heterocycles. The average Bonchev–Trinajstić information content (AvgIpc) is 2.92. The van der Waals surface area contributed by atoms with E-state index in [9.17, 15) is 4.79 Å². The number of nitrogen functional groups attached to an aromatic ring is 1. The highest BCUT2D eigenvalue weighted by molar-refractivity contribution is 6.33. The van der Waals surface area contributed by atoms with Crippen LogP contribution in [0.25, 0.3) is 0 Å². The van der Waals surface area contributed by atoms with Crippen LogP contribution in [0.5, 0.6) is 0 Å². The molecule has 1 heterocycles. The summed E-state index contributed by atoms with van der Waals surface area (Å²) >= 11 is 6.09. The third-order valence-electron chi connectivity index (χ3n) is 4.72. The van der Waals surface area contributed by atoms with Gasteiger partial charge in [-0.3, -0.25) is 9.69 Å². The Morgan fingerprint density at radius 1 is 1.33 bits per heavy atom. The van der Waals surface area contributed by atoms with E-state index in [4.69, 9.17) is 17.3 Å². The molecular formula is C16H22ClN3O. The highest BCUT2D eigenvalue weighted by Gasteiger charge is 2.35. The molecule has 1 saturated heterocycles. The summed E-state index contributed by atoms with van der Waals surface area (Å²) in [4.78, 5) is 14.6. The lowest BCUT2D eigenvalue weighted by molar-refractivity contribution is -0.118. The van der Waals surface area contributed by atoms with Crippen molar-refractivity contribution >= 4 is 28.9 Å². The molecule has 1 aromatic carbocycles. The van der Waals surface area contributed by atoms with E-state index in [-0.39, 0.29) is 5.91 Å². The van der Waals surface area contributed by atoms with Crippen molar-refractivity contribution in [1.82, 2.24) is 4.90 Å². The Kier molecular flexibility index (Phi) is 4.36. The molecule has 0 bridgehead atoms. The van der Waals surface area contributed by atoms with Crippen molar-refractivity contribution in [2.75, 3.05) is 24.1 Å². The van der Waals surface area contributed by atoms with Crippen molar-refractivity contribution in [1.29, 1.82) is 0 Å². The minimum Gasteiger partial charge on any atom is -0.399 e. The predicted octanol–water partition coefficient (Wildman–Crippen LogP) is 3.13. The van der Waals surface area contributed by atoms with Gasteiger partial charge in [0.15, 0.2) is 0 Å². The Hall–Kier alpha value is -1.26. The lowest BCUT2D eigenvalue weighted by atomic mass is 9.92. The number of hydrogen-bond donors (Lipinski definition) is 2. The van der Waals surface area contributed by atoms with E-state index in [0.717, 1.165) is 12.5 Å². The number of benzene rings is 1. The molecule has 3 N–H and O–H groups in total. The maximum absolute atomic E-state index is 12.3. The Morgan fingerprint density at radius 3 is 3.00 bits per heavy atom. The fourth-order valence-electron chi connectivity index (χ4n) is 3.77. The Labute approximate surface area is 130 Å². The van der Waals surface area contributed by atoms with Gasteiger partial charge in [-0.25, -0.2) is 0 Å². The topological polar surface area (TPSA) is 58.4 Å². The van der Waals surface area contributed by atoms with Gasteiger partial charge in [0.25, 0.3) is 0 Å². The van der Waals surface area contributed by atoms with Crippen molar-refractivity contribution in [2.45, 2.75) is 38.1 Å². The molecular weight excluding hydrogens is 286 g/mol. The Bertz CT molecular complexity index is 534. The standard InChI is InChI=1S/C16H22ClN3O/c17-13-7-6-12(18)9-14(13)19-16(21)10-20-8-2-4-11-3-1-5-15(11)20/h6-7,9,11,15H,1-5,8,10,18H2,(H,19,21).